The summed E-state index contributed by atoms with van der Waals surface area (Å²) in [4.78, 5) is 27.5. The van der Waals surface area contributed by atoms with Crippen LogP contribution in [0.3, 0.4) is 0 Å². The lowest BCUT2D eigenvalue weighted by atomic mass is 9.91. The number of carbonyl (C=O) groups is 2. The molecule has 3 aromatic rings. The van der Waals surface area contributed by atoms with Crippen molar-refractivity contribution in [2.75, 3.05) is 18.4 Å². The minimum Gasteiger partial charge on any atom is -0.339 e. The van der Waals surface area contributed by atoms with Gasteiger partial charge in [0.1, 0.15) is 5.82 Å². The maximum absolute atomic E-state index is 13.1. The summed E-state index contributed by atoms with van der Waals surface area (Å²) < 4.78 is 16.5. The Morgan fingerprint density at radius 2 is 1.81 bits per heavy atom. The summed E-state index contributed by atoms with van der Waals surface area (Å²) in [6.07, 6.45) is 5.70. The topological polar surface area (TPSA) is 85.1 Å². The van der Waals surface area contributed by atoms with Gasteiger partial charge in [0.05, 0.1) is 23.0 Å². The molecule has 8 nitrogen and oxygen atoms in total. The number of nitrogens with zero attached hydrogens (tertiary/aromatic N) is 5. The van der Waals surface area contributed by atoms with E-state index < -0.39 is 0 Å². The fourth-order valence-electron chi connectivity index (χ4n) is 4.10. The van der Waals surface area contributed by atoms with Crippen molar-refractivity contribution in [3.8, 4) is 0 Å². The van der Waals surface area contributed by atoms with Crippen LogP contribution in [-0.4, -0.2) is 49.4 Å². The highest BCUT2D eigenvalue weighted by Crippen LogP contribution is 2.25. The summed E-state index contributed by atoms with van der Waals surface area (Å²) in [7, 11) is 3.62. The molecule has 1 aliphatic rings. The number of carbonyl (C=O) groups excluding carboxylic acids is 2. The third kappa shape index (κ3) is 4.56. The normalized spacial score (nSPS) is 14.6. The number of anilines is 1. The highest BCUT2D eigenvalue weighted by molar-refractivity contribution is 6.04. The lowest BCUT2D eigenvalue weighted by Crippen LogP contribution is -2.39. The molecule has 0 saturated carbocycles. The summed E-state index contributed by atoms with van der Waals surface area (Å²) >= 11 is 0. The Hall–Kier alpha value is -3.49. The third-order valence-electron chi connectivity index (χ3n) is 6.10. The van der Waals surface area contributed by atoms with E-state index in [4.69, 9.17) is 0 Å². The zero-order valence-corrected chi connectivity index (χ0v) is 18.5. The van der Waals surface area contributed by atoms with Crippen LogP contribution < -0.4 is 5.32 Å². The van der Waals surface area contributed by atoms with E-state index in [1.165, 1.54) is 24.3 Å². The Morgan fingerprint density at radius 1 is 1.12 bits per heavy atom. The largest absolute Gasteiger partial charge is 0.339 e. The molecular weight excluding hydrogens is 411 g/mol. The Bertz CT molecular complexity index is 1130. The standard InChI is InChI=1S/C23H27FN6O2/c1-15-19(13-25-29(15)3)23(32)30-10-8-16(9-11-30)12-21-20(14-28(2)27-21)22(31)26-18-6-4-17(24)5-7-18/h4-7,13-14,16H,8-12H2,1-3H3,(H,26,31). The molecule has 2 aromatic heterocycles. The molecule has 4 rings (SSSR count). The first-order chi connectivity index (χ1) is 15.3. The van der Waals surface area contributed by atoms with Crippen molar-refractivity contribution in [2.24, 2.45) is 20.0 Å². The summed E-state index contributed by atoms with van der Waals surface area (Å²) in [6.45, 7) is 3.23. The van der Waals surface area contributed by atoms with E-state index in [0.29, 0.717) is 42.2 Å². The Balaban J connectivity index is 1.38. The van der Waals surface area contributed by atoms with Gasteiger partial charge in [0.25, 0.3) is 11.8 Å². The number of aryl methyl sites for hydroxylation is 2. The molecule has 0 spiro atoms. The highest BCUT2D eigenvalue weighted by atomic mass is 19.1. The van der Waals surface area contributed by atoms with Gasteiger partial charge in [-0.2, -0.15) is 10.2 Å². The lowest BCUT2D eigenvalue weighted by Gasteiger charge is -2.31. The van der Waals surface area contributed by atoms with Gasteiger partial charge in [-0.15, -0.1) is 0 Å². The van der Waals surface area contributed by atoms with Gasteiger partial charge in [-0.3, -0.25) is 19.0 Å². The number of piperidine rings is 1. The number of amides is 2. The maximum atomic E-state index is 13.1. The van der Waals surface area contributed by atoms with Gasteiger partial charge >= 0.3 is 0 Å². The van der Waals surface area contributed by atoms with Gasteiger partial charge in [0.15, 0.2) is 0 Å². The highest BCUT2D eigenvalue weighted by Gasteiger charge is 2.27. The Kier molecular flexibility index (Phi) is 6.07. The average Bonchev–Trinajstić information content (AvgIpc) is 3.31. The van der Waals surface area contributed by atoms with Crippen LogP contribution in [0.5, 0.6) is 0 Å². The number of hydrogen-bond acceptors (Lipinski definition) is 4. The van der Waals surface area contributed by atoms with Crippen molar-refractivity contribution in [1.29, 1.82) is 0 Å². The smallest absolute Gasteiger partial charge is 0.259 e. The first-order valence-corrected chi connectivity index (χ1v) is 10.7. The third-order valence-corrected chi connectivity index (χ3v) is 6.10. The molecular formula is C23H27FN6O2. The van der Waals surface area contributed by atoms with Crippen LogP contribution in [0.1, 0.15) is 44.9 Å². The molecule has 0 aliphatic carbocycles. The minimum absolute atomic E-state index is 0.0197. The SMILES string of the molecule is Cc1c(C(=O)N2CCC(Cc3nn(C)cc3C(=O)Nc3ccc(F)cc3)CC2)cnn1C. The number of halogens is 1. The van der Waals surface area contributed by atoms with Gasteiger partial charge in [-0.25, -0.2) is 4.39 Å². The summed E-state index contributed by atoms with van der Waals surface area (Å²) in [6, 6.07) is 5.67. The van der Waals surface area contributed by atoms with Gasteiger partial charge in [0, 0.05) is 44.8 Å². The van der Waals surface area contributed by atoms with E-state index in [1.807, 2.05) is 18.9 Å². The molecule has 0 radical (unpaired) electrons. The van der Waals surface area contributed by atoms with Crippen molar-refractivity contribution >= 4 is 17.5 Å². The maximum Gasteiger partial charge on any atom is 0.259 e. The molecule has 1 fully saturated rings. The average molecular weight is 439 g/mol. The van der Waals surface area contributed by atoms with Crippen LogP contribution in [-0.2, 0) is 20.5 Å². The molecule has 0 atom stereocenters. The van der Waals surface area contributed by atoms with E-state index in [-0.39, 0.29) is 17.6 Å². The first kappa shape index (κ1) is 21.7. The van der Waals surface area contributed by atoms with Crippen molar-refractivity contribution < 1.29 is 14.0 Å². The molecule has 1 aromatic carbocycles. The van der Waals surface area contributed by atoms with Crippen molar-refractivity contribution in [3.63, 3.8) is 0 Å². The van der Waals surface area contributed by atoms with E-state index >= 15 is 0 Å². The molecule has 1 aliphatic heterocycles. The van der Waals surface area contributed by atoms with Crippen LogP contribution in [0.2, 0.25) is 0 Å². The predicted molar refractivity (Wildman–Crippen MR) is 118 cm³/mol. The quantitative estimate of drug-likeness (QED) is 0.664. The van der Waals surface area contributed by atoms with E-state index in [9.17, 15) is 14.0 Å². The van der Waals surface area contributed by atoms with Gasteiger partial charge in [-0.05, 0) is 56.4 Å². The van der Waals surface area contributed by atoms with Gasteiger partial charge in [0.2, 0.25) is 0 Å². The zero-order valence-electron chi connectivity index (χ0n) is 18.5. The number of nitrogens with one attached hydrogen (secondary N) is 1. The summed E-state index contributed by atoms with van der Waals surface area (Å²) in [5, 5.41) is 11.5. The molecule has 9 heteroatoms. The predicted octanol–water partition coefficient (Wildman–Crippen LogP) is 2.95. The first-order valence-electron chi connectivity index (χ1n) is 10.7. The molecule has 2 amide bonds. The van der Waals surface area contributed by atoms with Crippen molar-refractivity contribution in [3.05, 3.63) is 65.0 Å². The Labute approximate surface area is 186 Å². The molecule has 1 N–H and O–H groups in total. The monoisotopic (exact) mass is 438 g/mol. The van der Waals surface area contributed by atoms with Crippen LogP contribution in [0, 0.1) is 18.7 Å². The molecule has 32 heavy (non-hydrogen) atoms. The second-order valence-corrected chi connectivity index (χ2v) is 8.33. The van der Waals surface area contributed by atoms with E-state index in [1.54, 1.807) is 28.8 Å². The second kappa shape index (κ2) is 8.94. The summed E-state index contributed by atoms with van der Waals surface area (Å²) in [5.74, 6) is -0.263. The van der Waals surface area contributed by atoms with Crippen LogP contribution in [0.25, 0.3) is 0 Å². The van der Waals surface area contributed by atoms with E-state index in [0.717, 1.165) is 24.2 Å². The van der Waals surface area contributed by atoms with Crippen LogP contribution in [0.15, 0.2) is 36.7 Å². The molecule has 1 saturated heterocycles. The number of hydrogen-bond donors (Lipinski definition) is 1. The van der Waals surface area contributed by atoms with Crippen LogP contribution in [0.4, 0.5) is 10.1 Å². The second-order valence-electron chi connectivity index (χ2n) is 8.33. The van der Waals surface area contributed by atoms with Gasteiger partial charge < -0.3 is 10.2 Å². The number of benzene rings is 1. The zero-order chi connectivity index (χ0) is 22.8. The summed E-state index contributed by atoms with van der Waals surface area (Å²) in [5.41, 5.74) is 3.29. The number of aromatic nitrogens is 4. The van der Waals surface area contributed by atoms with Gasteiger partial charge in [-0.1, -0.05) is 0 Å². The van der Waals surface area contributed by atoms with Crippen molar-refractivity contribution in [2.45, 2.75) is 26.2 Å². The molecule has 168 valence electrons. The van der Waals surface area contributed by atoms with Crippen LogP contribution >= 0.6 is 0 Å². The number of rotatable bonds is 5. The molecule has 0 bridgehead atoms. The van der Waals surface area contributed by atoms with E-state index in [2.05, 4.69) is 15.5 Å². The fourth-order valence-corrected chi connectivity index (χ4v) is 4.10. The van der Waals surface area contributed by atoms with Crippen molar-refractivity contribution in [1.82, 2.24) is 24.5 Å². The fraction of sp³-hybridized carbons (Fsp3) is 0.391. The molecule has 3 heterocycles. The number of likely N-dealkylation sites (tertiary alicyclic amines) is 1. The molecule has 0 unspecified atom stereocenters. The Morgan fingerprint density at radius 3 is 2.44 bits per heavy atom. The minimum atomic E-state index is -0.353. The lowest BCUT2D eigenvalue weighted by molar-refractivity contribution is 0.0689.